The molecular weight excluding hydrogens is 323 g/mol. The van der Waals surface area contributed by atoms with Gasteiger partial charge in [-0.05, 0) is 24.3 Å². The van der Waals surface area contributed by atoms with Gasteiger partial charge in [-0.25, -0.2) is 0 Å². The molecule has 4 nitrogen and oxygen atoms in total. The van der Waals surface area contributed by atoms with Crippen molar-refractivity contribution in [1.82, 2.24) is 4.98 Å². The topological polar surface area (TPSA) is 62.0 Å². The molecule has 0 atom stereocenters. The second kappa shape index (κ2) is 5.83. The van der Waals surface area contributed by atoms with Crippen LogP contribution in [0.5, 0.6) is 0 Å². The molecule has 0 saturated heterocycles. The lowest BCUT2D eigenvalue weighted by Crippen LogP contribution is -2.22. The van der Waals surface area contributed by atoms with Crippen LogP contribution >= 0.6 is 23.2 Å². The third-order valence-corrected chi connectivity index (χ3v) is 3.78. The number of halogens is 2. The molecule has 2 N–H and O–H groups in total. The van der Waals surface area contributed by atoms with Gasteiger partial charge in [0.2, 0.25) is 0 Å². The van der Waals surface area contributed by atoms with E-state index in [0.717, 1.165) is 0 Å². The normalized spacial score (nSPS) is 10.6. The summed E-state index contributed by atoms with van der Waals surface area (Å²) < 4.78 is 0. The number of rotatable bonds is 3. The van der Waals surface area contributed by atoms with Crippen molar-refractivity contribution in [3.05, 3.63) is 64.3 Å². The maximum Gasteiger partial charge on any atom is 0.296 e. The average Bonchev–Trinajstić information content (AvgIpc) is 2.91. The Hall–Kier alpha value is -2.30. The SMILES string of the molecule is O=C(Nc1ccccc1Cl)C(=O)c1c[nH]c2cc(Cl)ccc12. The number of hydrogen-bond donors (Lipinski definition) is 2. The summed E-state index contributed by atoms with van der Waals surface area (Å²) in [6.45, 7) is 0. The fourth-order valence-corrected chi connectivity index (χ4v) is 2.51. The molecule has 110 valence electrons. The molecule has 3 aromatic rings. The number of aromatic nitrogens is 1. The largest absolute Gasteiger partial charge is 0.360 e. The van der Waals surface area contributed by atoms with Crippen molar-refractivity contribution in [2.75, 3.05) is 5.32 Å². The first-order chi connectivity index (χ1) is 10.6. The molecule has 0 bridgehead atoms. The second-order valence-electron chi connectivity index (χ2n) is 4.66. The minimum atomic E-state index is -0.746. The van der Waals surface area contributed by atoms with Crippen LogP contribution in [0.4, 0.5) is 5.69 Å². The first kappa shape index (κ1) is 14.6. The van der Waals surface area contributed by atoms with Crippen LogP contribution in [0, 0.1) is 0 Å². The van der Waals surface area contributed by atoms with E-state index in [1.807, 2.05) is 0 Å². The first-order valence-electron chi connectivity index (χ1n) is 6.43. The summed E-state index contributed by atoms with van der Waals surface area (Å²) in [5.74, 6) is -1.39. The number of amides is 1. The Morgan fingerprint density at radius 2 is 1.82 bits per heavy atom. The lowest BCUT2D eigenvalue weighted by Gasteiger charge is -2.05. The number of benzene rings is 2. The zero-order valence-corrected chi connectivity index (χ0v) is 12.7. The van der Waals surface area contributed by atoms with Gasteiger partial charge in [-0.3, -0.25) is 9.59 Å². The fraction of sp³-hybridized carbons (Fsp3) is 0. The lowest BCUT2D eigenvalue weighted by molar-refractivity contribution is -0.112. The quantitative estimate of drug-likeness (QED) is 0.555. The number of nitrogens with one attached hydrogen (secondary N) is 2. The summed E-state index contributed by atoms with van der Waals surface area (Å²) in [6, 6.07) is 11.8. The van der Waals surface area contributed by atoms with Crippen LogP contribution in [0.25, 0.3) is 10.9 Å². The number of H-pyrrole nitrogens is 1. The van der Waals surface area contributed by atoms with Crippen LogP contribution in [0.2, 0.25) is 10.0 Å². The molecular formula is C16H10Cl2N2O2. The summed E-state index contributed by atoms with van der Waals surface area (Å²) in [6.07, 6.45) is 1.50. The number of para-hydroxylation sites is 1. The molecule has 0 aliphatic carbocycles. The highest BCUT2D eigenvalue weighted by molar-refractivity contribution is 6.49. The van der Waals surface area contributed by atoms with Crippen LogP contribution in [0.3, 0.4) is 0 Å². The zero-order chi connectivity index (χ0) is 15.7. The van der Waals surface area contributed by atoms with Crippen LogP contribution < -0.4 is 5.32 Å². The van der Waals surface area contributed by atoms with Crippen molar-refractivity contribution in [2.24, 2.45) is 0 Å². The number of anilines is 1. The molecule has 1 aromatic heterocycles. The van der Waals surface area contributed by atoms with Gasteiger partial charge < -0.3 is 10.3 Å². The Kier molecular flexibility index (Phi) is 3.88. The Morgan fingerprint density at radius 3 is 2.59 bits per heavy atom. The summed E-state index contributed by atoms with van der Waals surface area (Å²) in [4.78, 5) is 27.4. The lowest BCUT2D eigenvalue weighted by atomic mass is 10.1. The van der Waals surface area contributed by atoms with Gasteiger partial charge >= 0.3 is 0 Å². The Balaban J connectivity index is 1.89. The highest BCUT2D eigenvalue weighted by atomic mass is 35.5. The zero-order valence-electron chi connectivity index (χ0n) is 11.2. The number of carbonyl (C=O) groups excluding carboxylic acids is 2. The van der Waals surface area contributed by atoms with E-state index in [9.17, 15) is 9.59 Å². The maximum absolute atomic E-state index is 12.3. The molecule has 0 aliphatic heterocycles. The summed E-state index contributed by atoms with van der Waals surface area (Å²) >= 11 is 11.9. The van der Waals surface area contributed by atoms with E-state index in [2.05, 4.69) is 10.3 Å². The average molecular weight is 333 g/mol. The smallest absolute Gasteiger partial charge is 0.296 e. The molecule has 0 saturated carbocycles. The van der Waals surface area contributed by atoms with Crippen molar-refractivity contribution in [1.29, 1.82) is 0 Å². The van der Waals surface area contributed by atoms with Gasteiger partial charge in [0, 0.05) is 22.1 Å². The van der Waals surface area contributed by atoms with Crippen molar-refractivity contribution in [3.8, 4) is 0 Å². The van der Waals surface area contributed by atoms with Crippen LogP contribution in [-0.2, 0) is 4.79 Å². The molecule has 0 fully saturated rings. The van der Waals surface area contributed by atoms with Crippen LogP contribution in [-0.4, -0.2) is 16.7 Å². The molecule has 0 spiro atoms. The standard InChI is InChI=1S/C16H10Cl2N2O2/c17-9-5-6-10-11(8-19-14(10)7-9)15(21)16(22)20-13-4-2-1-3-12(13)18/h1-8,19H,(H,20,22). The van der Waals surface area contributed by atoms with Gasteiger partial charge in [0.05, 0.1) is 16.3 Å². The molecule has 0 radical (unpaired) electrons. The molecule has 0 aliphatic rings. The Bertz CT molecular complexity index is 887. The maximum atomic E-state index is 12.3. The van der Waals surface area contributed by atoms with Crippen molar-refractivity contribution in [2.45, 2.75) is 0 Å². The molecule has 1 heterocycles. The molecule has 6 heteroatoms. The molecule has 0 unspecified atom stereocenters. The Morgan fingerprint density at radius 1 is 1.05 bits per heavy atom. The van der Waals surface area contributed by atoms with Gasteiger partial charge in [-0.2, -0.15) is 0 Å². The van der Waals surface area contributed by atoms with Crippen molar-refractivity contribution in [3.63, 3.8) is 0 Å². The van der Waals surface area contributed by atoms with Crippen molar-refractivity contribution >= 4 is 51.5 Å². The number of fused-ring (bicyclic) bond motifs is 1. The van der Waals surface area contributed by atoms with E-state index in [0.29, 0.717) is 26.6 Å². The number of ketones is 1. The molecule has 2 aromatic carbocycles. The van der Waals surface area contributed by atoms with Gasteiger partial charge in [-0.15, -0.1) is 0 Å². The first-order valence-corrected chi connectivity index (χ1v) is 7.18. The van der Waals surface area contributed by atoms with Gasteiger partial charge in [-0.1, -0.05) is 41.4 Å². The van der Waals surface area contributed by atoms with Gasteiger partial charge in [0.1, 0.15) is 0 Å². The fourth-order valence-electron chi connectivity index (χ4n) is 2.15. The predicted octanol–water partition coefficient (Wildman–Crippen LogP) is 4.30. The monoisotopic (exact) mass is 332 g/mol. The number of hydrogen-bond acceptors (Lipinski definition) is 2. The van der Waals surface area contributed by atoms with E-state index in [1.54, 1.807) is 42.5 Å². The number of Topliss-reactive ketones (excluding diaryl/α,β-unsaturated/α-hetero) is 1. The molecule has 22 heavy (non-hydrogen) atoms. The van der Waals surface area contributed by atoms with Crippen molar-refractivity contribution < 1.29 is 9.59 Å². The highest BCUT2D eigenvalue weighted by Gasteiger charge is 2.20. The molecule has 3 rings (SSSR count). The summed E-state index contributed by atoms with van der Waals surface area (Å²) in [5, 5.41) is 4.08. The van der Waals surface area contributed by atoms with Gasteiger partial charge in [0.15, 0.2) is 0 Å². The van der Waals surface area contributed by atoms with Gasteiger partial charge in [0.25, 0.3) is 11.7 Å². The highest BCUT2D eigenvalue weighted by Crippen LogP contribution is 2.24. The summed E-state index contributed by atoms with van der Waals surface area (Å²) in [7, 11) is 0. The number of aromatic amines is 1. The minimum absolute atomic E-state index is 0.288. The number of carbonyl (C=O) groups is 2. The third kappa shape index (κ3) is 2.71. The van der Waals surface area contributed by atoms with Crippen LogP contribution in [0.1, 0.15) is 10.4 Å². The van der Waals surface area contributed by atoms with E-state index in [-0.39, 0.29) is 5.56 Å². The van der Waals surface area contributed by atoms with Crippen LogP contribution in [0.15, 0.2) is 48.7 Å². The van der Waals surface area contributed by atoms with E-state index < -0.39 is 11.7 Å². The Labute approximate surface area is 136 Å². The van der Waals surface area contributed by atoms with E-state index in [4.69, 9.17) is 23.2 Å². The second-order valence-corrected chi connectivity index (χ2v) is 5.50. The van der Waals surface area contributed by atoms with E-state index in [1.165, 1.54) is 6.20 Å². The molecule has 1 amide bonds. The predicted molar refractivity (Wildman–Crippen MR) is 87.7 cm³/mol. The summed E-state index contributed by atoms with van der Waals surface area (Å²) in [5.41, 5.74) is 1.38. The minimum Gasteiger partial charge on any atom is -0.360 e. The third-order valence-electron chi connectivity index (χ3n) is 3.22. The van der Waals surface area contributed by atoms with E-state index >= 15 is 0 Å².